The van der Waals surface area contributed by atoms with Crippen LogP contribution >= 0.6 is 22.9 Å². The number of nitrogens with one attached hydrogen (secondary N) is 1. The molecule has 2 aromatic carbocycles. The molecule has 1 heterocycles. The molecule has 0 atom stereocenters. The van der Waals surface area contributed by atoms with Crippen molar-refractivity contribution in [3.63, 3.8) is 0 Å². The van der Waals surface area contributed by atoms with Gasteiger partial charge < -0.3 is 14.2 Å². The molecule has 1 amide bonds. The molecule has 0 fully saturated rings. The van der Waals surface area contributed by atoms with E-state index in [1.807, 2.05) is 23.6 Å². The third-order valence-corrected chi connectivity index (χ3v) is 4.59. The standard InChI is InChI=1S/C19H17ClN2O4S/c1-24-13-6-7-17(25-2)15(9-13)16-11-27-19(21-16)22-18(23)10-26-14-5-3-4-12(20)8-14/h3-9,11H,10H2,1-2H3,(H,21,22,23). The maximum atomic E-state index is 12.1. The summed E-state index contributed by atoms with van der Waals surface area (Å²) in [4.78, 5) is 16.5. The molecule has 1 N–H and O–H groups in total. The minimum Gasteiger partial charge on any atom is -0.497 e. The number of hydrogen-bond acceptors (Lipinski definition) is 6. The van der Waals surface area contributed by atoms with E-state index in [1.165, 1.54) is 11.3 Å². The number of nitrogens with zero attached hydrogens (tertiary/aromatic N) is 1. The summed E-state index contributed by atoms with van der Waals surface area (Å²) in [6.45, 7) is -0.141. The lowest BCUT2D eigenvalue weighted by Crippen LogP contribution is -2.20. The van der Waals surface area contributed by atoms with Crippen molar-refractivity contribution in [2.75, 3.05) is 26.1 Å². The van der Waals surface area contributed by atoms with Gasteiger partial charge in [-0.3, -0.25) is 10.1 Å². The van der Waals surface area contributed by atoms with Crippen LogP contribution in [0.5, 0.6) is 17.2 Å². The second-order valence-corrected chi connectivity index (χ2v) is 6.69. The topological polar surface area (TPSA) is 69.7 Å². The van der Waals surface area contributed by atoms with Gasteiger partial charge in [0.25, 0.3) is 5.91 Å². The van der Waals surface area contributed by atoms with Gasteiger partial charge in [-0.1, -0.05) is 17.7 Å². The molecule has 6 nitrogen and oxygen atoms in total. The van der Waals surface area contributed by atoms with Gasteiger partial charge in [-0.2, -0.15) is 0 Å². The maximum Gasteiger partial charge on any atom is 0.264 e. The molecule has 1 aromatic heterocycles. The zero-order valence-corrected chi connectivity index (χ0v) is 16.3. The molecule has 0 saturated carbocycles. The summed E-state index contributed by atoms with van der Waals surface area (Å²) in [5, 5.41) is 5.57. The van der Waals surface area contributed by atoms with Crippen LogP contribution in [0, 0.1) is 0 Å². The lowest BCUT2D eigenvalue weighted by atomic mass is 10.1. The quantitative estimate of drug-likeness (QED) is 0.628. The third kappa shape index (κ3) is 4.90. The van der Waals surface area contributed by atoms with Gasteiger partial charge in [-0.25, -0.2) is 4.98 Å². The number of ether oxygens (including phenoxy) is 3. The second-order valence-electron chi connectivity index (χ2n) is 5.40. The number of amides is 1. The van der Waals surface area contributed by atoms with Gasteiger partial charge in [-0.05, 0) is 36.4 Å². The van der Waals surface area contributed by atoms with Crippen LogP contribution in [-0.4, -0.2) is 31.7 Å². The van der Waals surface area contributed by atoms with E-state index in [0.717, 1.165) is 5.56 Å². The molecule has 0 radical (unpaired) electrons. The van der Waals surface area contributed by atoms with Crippen molar-refractivity contribution >= 4 is 34.0 Å². The summed E-state index contributed by atoms with van der Waals surface area (Å²) in [5.74, 6) is 1.58. The molecule has 8 heteroatoms. The number of halogens is 1. The number of rotatable bonds is 7. The summed E-state index contributed by atoms with van der Waals surface area (Å²) >= 11 is 7.20. The van der Waals surface area contributed by atoms with E-state index in [9.17, 15) is 4.79 Å². The number of hydrogen-bond donors (Lipinski definition) is 1. The Morgan fingerprint density at radius 2 is 2.00 bits per heavy atom. The number of aromatic nitrogens is 1. The van der Waals surface area contributed by atoms with Crippen LogP contribution in [0.15, 0.2) is 47.8 Å². The number of anilines is 1. The molecule has 0 spiro atoms. The Morgan fingerprint density at radius 1 is 1.15 bits per heavy atom. The number of carbonyl (C=O) groups is 1. The van der Waals surface area contributed by atoms with Gasteiger partial charge in [0, 0.05) is 16.0 Å². The predicted molar refractivity (Wildman–Crippen MR) is 106 cm³/mol. The van der Waals surface area contributed by atoms with Crippen LogP contribution in [0.3, 0.4) is 0 Å². The SMILES string of the molecule is COc1ccc(OC)c(-c2csc(NC(=O)COc3cccc(Cl)c3)n2)c1. The lowest BCUT2D eigenvalue weighted by molar-refractivity contribution is -0.118. The monoisotopic (exact) mass is 404 g/mol. The molecular weight excluding hydrogens is 388 g/mol. The lowest BCUT2D eigenvalue weighted by Gasteiger charge is -2.08. The average molecular weight is 405 g/mol. The van der Waals surface area contributed by atoms with Crippen molar-refractivity contribution in [2.45, 2.75) is 0 Å². The van der Waals surface area contributed by atoms with E-state index in [0.29, 0.717) is 33.1 Å². The maximum absolute atomic E-state index is 12.1. The third-order valence-electron chi connectivity index (χ3n) is 3.60. The molecule has 0 aliphatic heterocycles. The summed E-state index contributed by atoms with van der Waals surface area (Å²) in [5.41, 5.74) is 1.46. The average Bonchev–Trinajstić information content (AvgIpc) is 3.14. The summed E-state index contributed by atoms with van der Waals surface area (Å²) in [7, 11) is 3.19. The first-order valence-electron chi connectivity index (χ1n) is 7.95. The Kier molecular flexibility index (Phi) is 6.16. The minimum atomic E-state index is -0.312. The zero-order valence-electron chi connectivity index (χ0n) is 14.7. The Morgan fingerprint density at radius 3 is 2.74 bits per heavy atom. The molecule has 0 aliphatic carbocycles. The van der Waals surface area contributed by atoms with Gasteiger partial charge in [-0.15, -0.1) is 11.3 Å². The molecule has 27 heavy (non-hydrogen) atoms. The first-order chi connectivity index (χ1) is 13.1. The van der Waals surface area contributed by atoms with Gasteiger partial charge in [0.2, 0.25) is 0 Å². The predicted octanol–water partition coefficient (Wildman–Crippen LogP) is 4.50. The van der Waals surface area contributed by atoms with Crippen molar-refractivity contribution in [1.82, 2.24) is 4.98 Å². The van der Waals surface area contributed by atoms with E-state index in [4.69, 9.17) is 25.8 Å². The highest BCUT2D eigenvalue weighted by Crippen LogP contribution is 2.35. The largest absolute Gasteiger partial charge is 0.497 e. The van der Waals surface area contributed by atoms with Crippen LogP contribution in [0.4, 0.5) is 5.13 Å². The van der Waals surface area contributed by atoms with Crippen LogP contribution in [0.2, 0.25) is 5.02 Å². The van der Waals surface area contributed by atoms with E-state index < -0.39 is 0 Å². The molecule has 0 bridgehead atoms. The van der Waals surface area contributed by atoms with Crippen molar-refractivity contribution < 1.29 is 19.0 Å². The van der Waals surface area contributed by atoms with Crippen LogP contribution in [-0.2, 0) is 4.79 Å². The molecule has 0 unspecified atom stereocenters. The van der Waals surface area contributed by atoms with Crippen LogP contribution in [0.25, 0.3) is 11.3 Å². The highest BCUT2D eigenvalue weighted by atomic mass is 35.5. The molecule has 3 rings (SSSR count). The van der Waals surface area contributed by atoms with Crippen LogP contribution in [0.1, 0.15) is 0 Å². The number of carbonyl (C=O) groups excluding carboxylic acids is 1. The van der Waals surface area contributed by atoms with Crippen LogP contribution < -0.4 is 19.5 Å². The highest BCUT2D eigenvalue weighted by Gasteiger charge is 2.13. The van der Waals surface area contributed by atoms with Gasteiger partial charge in [0.05, 0.1) is 19.9 Å². The van der Waals surface area contributed by atoms with Gasteiger partial charge in [0.15, 0.2) is 11.7 Å². The Hall–Kier alpha value is -2.77. The van der Waals surface area contributed by atoms with Crippen molar-refractivity contribution in [2.24, 2.45) is 0 Å². The molecule has 0 saturated heterocycles. The fraction of sp³-hybridized carbons (Fsp3) is 0.158. The zero-order chi connectivity index (χ0) is 19.2. The number of methoxy groups -OCH3 is 2. The smallest absolute Gasteiger partial charge is 0.264 e. The Labute approximate surface area is 165 Å². The fourth-order valence-electron chi connectivity index (χ4n) is 2.33. The van der Waals surface area contributed by atoms with E-state index in [2.05, 4.69) is 10.3 Å². The van der Waals surface area contributed by atoms with Gasteiger partial charge >= 0.3 is 0 Å². The van der Waals surface area contributed by atoms with E-state index in [-0.39, 0.29) is 12.5 Å². The Balaban J connectivity index is 1.66. The molecule has 140 valence electrons. The van der Waals surface area contributed by atoms with E-state index in [1.54, 1.807) is 38.5 Å². The summed E-state index contributed by atoms with van der Waals surface area (Å²) in [6, 6.07) is 12.3. The second kappa shape index (κ2) is 8.75. The highest BCUT2D eigenvalue weighted by molar-refractivity contribution is 7.14. The first kappa shape index (κ1) is 19.0. The first-order valence-corrected chi connectivity index (χ1v) is 9.21. The van der Waals surface area contributed by atoms with Crippen molar-refractivity contribution in [3.05, 3.63) is 52.9 Å². The normalized spacial score (nSPS) is 10.3. The van der Waals surface area contributed by atoms with Crippen molar-refractivity contribution in [1.29, 1.82) is 0 Å². The molecular formula is C19H17ClN2O4S. The number of benzene rings is 2. The van der Waals surface area contributed by atoms with Gasteiger partial charge in [0.1, 0.15) is 17.2 Å². The Bertz CT molecular complexity index is 945. The molecule has 3 aromatic rings. The molecule has 0 aliphatic rings. The van der Waals surface area contributed by atoms with E-state index >= 15 is 0 Å². The number of thiazole rings is 1. The van der Waals surface area contributed by atoms with Crippen molar-refractivity contribution in [3.8, 4) is 28.5 Å². The summed E-state index contributed by atoms with van der Waals surface area (Å²) < 4.78 is 16.1. The minimum absolute atomic E-state index is 0.141. The summed E-state index contributed by atoms with van der Waals surface area (Å²) in [6.07, 6.45) is 0. The fourth-order valence-corrected chi connectivity index (χ4v) is 3.24.